The Kier molecular flexibility index (Phi) is 5.59. The summed E-state index contributed by atoms with van der Waals surface area (Å²) in [6, 6.07) is 7.27. The van der Waals surface area contributed by atoms with E-state index < -0.39 is 11.9 Å². The van der Waals surface area contributed by atoms with Gasteiger partial charge in [0.2, 0.25) is 0 Å². The number of hydrogen-bond donors (Lipinski definition) is 3. The maximum Gasteiger partial charge on any atom is 0.310 e. The minimum absolute atomic E-state index is 0.124. The zero-order valence-corrected chi connectivity index (χ0v) is 12.6. The number of rotatable bonds is 7. The van der Waals surface area contributed by atoms with Crippen molar-refractivity contribution in [2.24, 2.45) is 5.92 Å². The Balaban J connectivity index is 2.13. The van der Waals surface area contributed by atoms with Crippen LogP contribution in [0.2, 0.25) is 0 Å². The Hall–Kier alpha value is -1.59. The molecule has 0 radical (unpaired) electrons. The molecule has 3 atom stereocenters. The van der Waals surface area contributed by atoms with E-state index >= 15 is 0 Å². The van der Waals surface area contributed by atoms with Gasteiger partial charge in [0.1, 0.15) is 5.75 Å². The Labute approximate surface area is 125 Å². The van der Waals surface area contributed by atoms with Crippen molar-refractivity contribution in [1.29, 1.82) is 0 Å². The van der Waals surface area contributed by atoms with E-state index in [-0.39, 0.29) is 12.1 Å². The van der Waals surface area contributed by atoms with Crippen molar-refractivity contribution in [3.05, 3.63) is 29.8 Å². The monoisotopic (exact) mass is 292 g/mol. The number of carboxylic acid groups (broad SMARTS) is 1. The van der Waals surface area contributed by atoms with E-state index in [1.165, 1.54) is 0 Å². The lowest BCUT2D eigenvalue weighted by molar-refractivity contribution is -0.142. The predicted molar refractivity (Wildman–Crippen MR) is 81.1 cm³/mol. The first-order valence-corrected chi connectivity index (χ1v) is 7.60. The van der Waals surface area contributed by atoms with Crippen molar-refractivity contribution in [1.82, 2.24) is 10.9 Å². The van der Waals surface area contributed by atoms with Gasteiger partial charge in [-0.1, -0.05) is 38.0 Å². The van der Waals surface area contributed by atoms with E-state index in [9.17, 15) is 9.90 Å². The molecule has 116 valence electrons. The first-order valence-electron chi connectivity index (χ1n) is 7.60. The molecule has 0 bridgehead atoms. The largest absolute Gasteiger partial charge is 0.493 e. The Morgan fingerprint density at radius 3 is 2.76 bits per heavy atom. The summed E-state index contributed by atoms with van der Waals surface area (Å²) in [5.74, 6) is -0.538. The Bertz CT molecular complexity index is 478. The average Bonchev–Trinajstić information content (AvgIpc) is 2.86. The Morgan fingerprint density at radius 2 is 2.05 bits per heavy atom. The third kappa shape index (κ3) is 3.74. The minimum atomic E-state index is -0.800. The van der Waals surface area contributed by atoms with Crippen LogP contribution in [0.4, 0.5) is 0 Å². The van der Waals surface area contributed by atoms with E-state index in [0.717, 1.165) is 30.6 Å². The fourth-order valence-corrected chi connectivity index (χ4v) is 2.72. The molecule has 1 heterocycles. The highest BCUT2D eigenvalue weighted by Crippen LogP contribution is 2.34. The molecule has 1 aliphatic heterocycles. The van der Waals surface area contributed by atoms with E-state index in [0.29, 0.717) is 6.61 Å². The molecule has 3 unspecified atom stereocenters. The van der Waals surface area contributed by atoms with Gasteiger partial charge in [0.15, 0.2) is 0 Å². The lowest BCUT2D eigenvalue weighted by Gasteiger charge is -2.20. The van der Waals surface area contributed by atoms with Gasteiger partial charge in [0.25, 0.3) is 0 Å². The summed E-state index contributed by atoms with van der Waals surface area (Å²) in [7, 11) is 0. The quantitative estimate of drug-likeness (QED) is 0.674. The minimum Gasteiger partial charge on any atom is -0.493 e. The topological polar surface area (TPSA) is 70.6 Å². The lowest BCUT2D eigenvalue weighted by Crippen LogP contribution is -2.30. The second-order valence-electron chi connectivity index (χ2n) is 5.51. The number of aliphatic carboxylic acids is 1. The number of carboxylic acids is 1. The van der Waals surface area contributed by atoms with Gasteiger partial charge in [-0.25, -0.2) is 5.43 Å². The second kappa shape index (κ2) is 7.43. The third-order valence-electron chi connectivity index (χ3n) is 3.91. The highest BCUT2D eigenvalue weighted by Gasteiger charge is 2.40. The van der Waals surface area contributed by atoms with Crippen LogP contribution in [0.3, 0.4) is 0 Å². The van der Waals surface area contributed by atoms with Gasteiger partial charge in [-0.3, -0.25) is 10.2 Å². The summed E-state index contributed by atoms with van der Waals surface area (Å²) >= 11 is 0. The summed E-state index contributed by atoms with van der Waals surface area (Å²) in [6.07, 6.45) is 3.30. The number of nitrogens with one attached hydrogen (secondary N) is 2. The number of para-hydroxylation sites is 1. The van der Waals surface area contributed by atoms with Crippen molar-refractivity contribution in [3.8, 4) is 5.75 Å². The first-order chi connectivity index (χ1) is 10.1. The van der Waals surface area contributed by atoms with Crippen molar-refractivity contribution < 1.29 is 14.6 Å². The zero-order valence-electron chi connectivity index (χ0n) is 12.6. The maximum absolute atomic E-state index is 11.5. The predicted octanol–water partition coefficient (Wildman–Crippen LogP) is 2.49. The van der Waals surface area contributed by atoms with Gasteiger partial charge in [0, 0.05) is 11.6 Å². The van der Waals surface area contributed by atoms with Crippen molar-refractivity contribution in [2.75, 3.05) is 6.61 Å². The van der Waals surface area contributed by atoms with E-state index in [1.807, 2.05) is 31.2 Å². The van der Waals surface area contributed by atoms with E-state index in [4.69, 9.17) is 4.74 Å². The summed E-state index contributed by atoms with van der Waals surface area (Å²) in [5, 5.41) is 9.43. The van der Waals surface area contributed by atoms with Crippen molar-refractivity contribution in [3.63, 3.8) is 0 Å². The molecule has 3 N–H and O–H groups in total. The number of carbonyl (C=O) groups is 1. The van der Waals surface area contributed by atoms with E-state index in [1.54, 1.807) is 0 Å². The molecule has 0 aliphatic carbocycles. The van der Waals surface area contributed by atoms with Crippen LogP contribution in [-0.4, -0.2) is 23.7 Å². The summed E-state index contributed by atoms with van der Waals surface area (Å²) < 4.78 is 5.85. The fourth-order valence-electron chi connectivity index (χ4n) is 2.72. The molecule has 1 aromatic rings. The molecule has 1 fully saturated rings. The van der Waals surface area contributed by atoms with Crippen LogP contribution in [0, 0.1) is 5.92 Å². The molecule has 0 amide bonds. The van der Waals surface area contributed by atoms with Crippen molar-refractivity contribution in [2.45, 2.75) is 45.2 Å². The molecular formula is C16H24N2O3. The number of hydrazine groups is 1. The molecule has 2 rings (SSSR count). The molecule has 5 heteroatoms. The van der Waals surface area contributed by atoms with Gasteiger partial charge in [-0.2, -0.15) is 0 Å². The van der Waals surface area contributed by atoms with Crippen molar-refractivity contribution >= 4 is 5.97 Å². The molecule has 21 heavy (non-hydrogen) atoms. The van der Waals surface area contributed by atoms with E-state index in [2.05, 4.69) is 17.8 Å². The normalized spacial score (nSPS) is 25.0. The van der Waals surface area contributed by atoms with Crippen LogP contribution in [0.1, 0.15) is 44.7 Å². The van der Waals surface area contributed by atoms with Gasteiger partial charge in [-0.05, 0) is 19.4 Å². The SMILES string of the molecule is CCCCCOc1ccccc1C1NNC(C)C1C(=O)O. The zero-order chi connectivity index (χ0) is 15.2. The molecule has 0 spiro atoms. The number of unbranched alkanes of at least 4 members (excludes halogenated alkanes) is 2. The smallest absolute Gasteiger partial charge is 0.310 e. The van der Waals surface area contributed by atoms with Crippen LogP contribution in [-0.2, 0) is 4.79 Å². The van der Waals surface area contributed by atoms with Crippen LogP contribution >= 0.6 is 0 Å². The van der Waals surface area contributed by atoms with Gasteiger partial charge >= 0.3 is 5.97 Å². The summed E-state index contributed by atoms with van der Waals surface area (Å²) in [5.41, 5.74) is 7.00. The van der Waals surface area contributed by atoms with Crippen LogP contribution in [0.25, 0.3) is 0 Å². The van der Waals surface area contributed by atoms with Crippen LogP contribution in [0.15, 0.2) is 24.3 Å². The molecular weight excluding hydrogens is 268 g/mol. The Morgan fingerprint density at radius 1 is 1.29 bits per heavy atom. The molecule has 0 saturated carbocycles. The average molecular weight is 292 g/mol. The molecule has 1 aliphatic rings. The third-order valence-corrected chi connectivity index (χ3v) is 3.91. The number of hydrogen-bond acceptors (Lipinski definition) is 4. The van der Waals surface area contributed by atoms with Crippen LogP contribution in [0.5, 0.6) is 5.75 Å². The molecule has 1 saturated heterocycles. The number of ether oxygens (including phenoxy) is 1. The highest BCUT2D eigenvalue weighted by atomic mass is 16.5. The standard InChI is InChI=1S/C16H24N2O3/c1-3-4-7-10-21-13-9-6-5-8-12(13)15-14(16(19)20)11(2)17-18-15/h5-6,8-9,11,14-15,17-18H,3-4,7,10H2,1-2H3,(H,19,20). The van der Waals surface area contributed by atoms with Gasteiger partial charge in [-0.15, -0.1) is 0 Å². The molecule has 5 nitrogen and oxygen atoms in total. The lowest BCUT2D eigenvalue weighted by atomic mass is 9.90. The van der Waals surface area contributed by atoms with Gasteiger partial charge in [0.05, 0.1) is 18.6 Å². The number of benzene rings is 1. The first kappa shape index (κ1) is 15.8. The highest BCUT2D eigenvalue weighted by molar-refractivity contribution is 5.73. The van der Waals surface area contributed by atoms with Gasteiger partial charge < -0.3 is 9.84 Å². The molecule has 1 aromatic carbocycles. The maximum atomic E-state index is 11.5. The summed E-state index contributed by atoms with van der Waals surface area (Å²) in [4.78, 5) is 11.5. The molecule has 0 aromatic heterocycles. The van der Waals surface area contributed by atoms with Crippen LogP contribution < -0.4 is 15.6 Å². The second-order valence-corrected chi connectivity index (χ2v) is 5.51. The summed E-state index contributed by atoms with van der Waals surface area (Å²) in [6.45, 7) is 4.69. The fraction of sp³-hybridized carbons (Fsp3) is 0.562.